The van der Waals surface area contributed by atoms with Gasteiger partial charge in [-0.25, -0.2) is 0 Å². The second-order valence-corrected chi connectivity index (χ2v) is 5.28. The average Bonchev–Trinajstić information content (AvgIpc) is 2.80. The molecule has 4 heteroatoms. The number of β-amino-alcohol motifs (C(OH)–C–C–N with tert-alkyl or cyclic N) is 1. The minimum absolute atomic E-state index is 0.0903. The van der Waals surface area contributed by atoms with Crippen molar-refractivity contribution >= 4 is 11.3 Å². The normalized spacial score (nSPS) is 17.0. The predicted octanol–water partition coefficient (Wildman–Crippen LogP) is 1.92. The Hall–Kier alpha value is -0.420. The summed E-state index contributed by atoms with van der Waals surface area (Å²) >= 11 is 1.56. The van der Waals surface area contributed by atoms with Crippen LogP contribution in [0.25, 0.3) is 0 Å². The van der Waals surface area contributed by atoms with Gasteiger partial charge >= 0.3 is 0 Å². The van der Waals surface area contributed by atoms with E-state index in [1.165, 1.54) is 0 Å². The summed E-state index contributed by atoms with van der Waals surface area (Å²) in [7, 11) is 0. The summed E-state index contributed by atoms with van der Waals surface area (Å²) in [4.78, 5) is 0.981. The Balaban J connectivity index is 2.43. The smallest absolute Gasteiger partial charge is 0.101 e. The van der Waals surface area contributed by atoms with Crippen LogP contribution in [0.3, 0.4) is 0 Å². The molecular formula is C12H21NO2S. The van der Waals surface area contributed by atoms with Crippen molar-refractivity contribution in [3.8, 4) is 0 Å². The van der Waals surface area contributed by atoms with Gasteiger partial charge < -0.3 is 15.5 Å². The standard InChI is InChI=1S/C12H21NO2S/c1-3-12(2,6-7-14)13-9-10(15)11-5-4-8-16-11/h4-5,8,10,13-15H,3,6-7,9H2,1-2H3. The van der Waals surface area contributed by atoms with E-state index in [0.717, 1.165) is 11.3 Å². The highest BCUT2D eigenvalue weighted by atomic mass is 32.1. The van der Waals surface area contributed by atoms with Crippen molar-refractivity contribution in [2.75, 3.05) is 13.2 Å². The molecule has 0 saturated carbocycles. The third-order valence-corrected chi connectivity index (χ3v) is 4.01. The maximum Gasteiger partial charge on any atom is 0.101 e. The van der Waals surface area contributed by atoms with Crippen molar-refractivity contribution in [1.29, 1.82) is 0 Å². The molecule has 0 aliphatic rings. The van der Waals surface area contributed by atoms with Crippen molar-refractivity contribution in [2.24, 2.45) is 0 Å². The Bertz CT molecular complexity index is 289. The summed E-state index contributed by atoms with van der Waals surface area (Å²) < 4.78 is 0. The van der Waals surface area contributed by atoms with Gasteiger partial charge in [-0.3, -0.25) is 0 Å². The molecule has 2 unspecified atom stereocenters. The van der Waals surface area contributed by atoms with Gasteiger partial charge in [0, 0.05) is 23.6 Å². The first kappa shape index (κ1) is 13.6. The fraction of sp³-hybridized carbons (Fsp3) is 0.667. The van der Waals surface area contributed by atoms with E-state index in [1.807, 2.05) is 17.5 Å². The molecule has 0 aliphatic heterocycles. The fourth-order valence-corrected chi connectivity index (χ4v) is 2.27. The molecular weight excluding hydrogens is 222 g/mol. The molecule has 1 heterocycles. The van der Waals surface area contributed by atoms with Gasteiger partial charge in [0.2, 0.25) is 0 Å². The van der Waals surface area contributed by atoms with Gasteiger partial charge in [0.1, 0.15) is 6.10 Å². The molecule has 0 aromatic carbocycles. The minimum Gasteiger partial charge on any atom is -0.396 e. The van der Waals surface area contributed by atoms with E-state index >= 15 is 0 Å². The topological polar surface area (TPSA) is 52.5 Å². The molecule has 0 saturated heterocycles. The zero-order valence-corrected chi connectivity index (χ0v) is 10.8. The lowest BCUT2D eigenvalue weighted by Crippen LogP contribution is -2.44. The highest BCUT2D eigenvalue weighted by molar-refractivity contribution is 7.10. The van der Waals surface area contributed by atoms with Crippen molar-refractivity contribution in [3.63, 3.8) is 0 Å². The van der Waals surface area contributed by atoms with E-state index in [1.54, 1.807) is 11.3 Å². The summed E-state index contributed by atoms with van der Waals surface area (Å²) in [5.41, 5.74) is -0.0903. The lowest BCUT2D eigenvalue weighted by atomic mass is 9.94. The van der Waals surface area contributed by atoms with Crippen LogP contribution in [-0.4, -0.2) is 28.9 Å². The second-order valence-electron chi connectivity index (χ2n) is 4.30. The molecule has 16 heavy (non-hydrogen) atoms. The summed E-state index contributed by atoms with van der Waals surface area (Å²) in [6, 6.07) is 3.88. The van der Waals surface area contributed by atoms with E-state index in [-0.39, 0.29) is 12.1 Å². The number of hydrogen-bond acceptors (Lipinski definition) is 4. The Morgan fingerprint density at radius 2 is 2.31 bits per heavy atom. The summed E-state index contributed by atoms with van der Waals surface area (Å²) in [6.45, 7) is 4.86. The number of aliphatic hydroxyl groups is 2. The van der Waals surface area contributed by atoms with Crippen LogP contribution < -0.4 is 5.32 Å². The zero-order valence-electron chi connectivity index (χ0n) is 9.94. The predicted molar refractivity (Wildman–Crippen MR) is 67.7 cm³/mol. The Morgan fingerprint density at radius 3 is 2.81 bits per heavy atom. The van der Waals surface area contributed by atoms with Gasteiger partial charge in [-0.05, 0) is 31.2 Å². The van der Waals surface area contributed by atoms with E-state index in [4.69, 9.17) is 5.11 Å². The molecule has 0 spiro atoms. The largest absolute Gasteiger partial charge is 0.396 e. The maximum absolute atomic E-state index is 9.92. The molecule has 1 aromatic rings. The van der Waals surface area contributed by atoms with Gasteiger partial charge in [0.25, 0.3) is 0 Å². The van der Waals surface area contributed by atoms with Crippen LogP contribution in [0, 0.1) is 0 Å². The lowest BCUT2D eigenvalue weighted by molar-refractivity contribution is 0.148. The van der Waals surface area contributed by atoms with E-state index in [0.29, 0.717) is 13.0 Å². The third kappa shape index (κ3) is 3.87. The van der Waals surface area contributed by atoms with Crippen LogP contribution in [0.5, 0.6) is 0 Å². The first-order valence-corrected chi connectivity index (χ1v) is 6.56. The highest BCUT2D eigenvalue weighted by Crippen LogP contribution is 2.20. The number of aliphatic hydroxyl groups excluding tert-OH is 2. The van der Waals surface area contributed by atoms with E-state index < -0.39 is 6.10 Å². The molecule has 0 radical (unpaired) electrons. The molecule has 3 nitrogen and oxygen atoms in total. The summed E-state index contributed by atoms with van der Waals surface area (Å²) in [5, 5.41) is 24.2. The van der Waals surface area contributed by atoms with E-state index in [2.05, 4.69) is 19.2 Å². The molecule has 1 rings (SSSR count). The number of hydrogen-bond donors (Lipinski definition) is 3. The molecule has 0 bridgehead atoms. The maximum atomic E-state index is 9.92. The summed E-state index contributed by atoms with van der Waals surface area (Å²) in [6.07, 6.45) is 1.19. The zero-order chi connectivity index (χ0) is 12.0. The minimum atomic E-state index is -0.454. The Kier molecular flexibility index (Phi) is 5.41. The molecule has 2 atom stereocenters. The summed E-state index contributed by atoms with van der Waals surface area (Å²) in [5.74, 6) is 0. The highest BCUT2D eigenvalue weighted by Gasteiger charge is 2.22. The number of thiophene rings is 1. The van der Waals surface area contributed by atoms with Gasteiger partial charge in [-0.1, -0.05) is 13.0 Å². The van der Waals surface area contributed by atoms with Gasteiger partial charge in [0.05, 0.1) is 0 Å². The van der Waals surface area contributed by atoms with Crippen molar-refractivity contribution in [3.05, 3.63) is 22.4 Å². The van der Waals surface area contributed by atoms with Crippen LogP contribution in [0.4, 0.5) is 0 Å². The van der Waals surface area contributed by atoms with Gasteiger partial charge in [0.15, 0.2) is 0 Å². The van der Waals surface area contributed by atoms with Crippen molar-refractivity contribution in [1.82, 2.24) is 5.32 Å². The second kappa shape index (κ2) is 6.35. The molecule has 3 N–H and O–H groups in total. The van der Waals surface area contributed by atoms with Crippen LogP contribution >= 0.6 is 11.3 Å². The molecule has 0 amide bonds. The molecule has 0 fully saturated rings. The average molecular weight is 243 g/mol. The number of rotatable bonds is 7. The van der Waals surface area contributed by atoms with Crippen molar-refractivity contribution in [2.45, 2.75) is 38.3 Å². The fourth-order valence-electron chi connectivity index (χ4n) is 1.56. The van der Waals surface area contributed by atoms with Crippen LogP contribution in [-0.2, 0) is 0 Å². The van der Waals surface area contributed by atoms with Crippen molar-refractivity contribution < 1.29 is 10.2 Å². The van der Waals surface area contributed by atoms with Crippen LogP contribution in [0.2, 0.25) is 0 Å². The number of nitrogens with one attached hydrogen (secondary N) is 1. The van der Waals surface area contributed by atoms with Crippen LogP contribution in [0.15, 0.2) is 17.5 Å². The van der Waals surface area contributed by atoms with Gasteiger partial charge in [-0.2, -0.15) is 0 Å². The molecule has 0 aliphatic carbocycles. The molecule has 92 valence electrons. The Labute approximate surface area is 101 Å². The first-order valence-electron chi connectivity index (χ1n) is 5.68. The Morgan fingerprint density at radius 1 is 1.56 bits per heavy atom. The monoisotopic (exact) mass is 243 g/mol. The third-order valence-electron chi connectivity index (χ3n) is 3.04. The van der Waals surface area contributed by atoms with Crippen LogP contribution in [0.1, 0.15) is 37.7 Å². The lowest BCUT2D eigenvalue weighted by Gasteiger charge is -2.30. The SMILES string of the molecule is CCC(C)(CCO)NCC(O)c1cccs1. The quantitative estimate of drug-likeness (QED) is 0.686. The van der Waals surface area contributed by atoms with E-state index in [9.17, 15) is 5.11 Å². The van der Waals surface area contributed by atoms with Gasteiger partial charge in [-0.15, -0.1) is 11.3 Å². The molecule has 1 aromatic heterocycles. The first-order chi connectivity index (χ1) is 7.61.